The van der Waals surface area contributed by atoms with Crippen LogP contribution in [-0.2, 0) is 20.6 Å². The van der Waals surface area contributed by atoms with Crippen LogP contribution in [-0.4, -0.2) is 79.0 Å². The van der Waals surface area contributed by atoms with Gasteiger partial charge in [0.15, 0.2) is 11.2 Å². The molecule has 9 nitrogen and oxygen atoms in total. The number of aryl methyl sites for hydroxylation is 2. The fourth-order valence-corrected chi connectivity index (χ4v) is 3.84. The maximum absolute atomic E-state index is 12.5. The molecule has 1 atom stereocenters. The SMILES string of the molecule is CC(O)CN1CCCN(CCCn2cnc3c2c(=O)n(C)c(=O)n3C)CC1. The summed E-state index contributed by atoms with van der Waals surface area (Å²) >= 11 is 0. The molecule has 1 aliphatic rings. The highest BCUT2D eigenvalue weighted by atomic mass is 16.3. The van der Waals surface area contributed by atoms with Crippen LogP contribution in [0.25, 0.3) is 11.2 Å². The van der Waals surface area contributed by atoms with Gasteiger partial charge in [-0.1, -0.05) is 0 Å². The van der Waals surface area contributed by atoms with Crippen molar-refractivity contribution in [3.05, 3.63) is 27.2 Å². The van der Waals surface area contributed by atoms with Crippen molar-refractivity contribution in [1.82, 2.24) is 28.5 Å². The van der Waals surface area contributed by atoms with Crippen LogP contribution in [0.2, 0.25) is 0 Å². The number of hydrogen-bond acceptors (Lipinski definition) is 6. The first-order valence-corrected chi connectivity index (χ1v) is 9.62. The monoisotopic (exact) mass is 378 g/mol. The third-order valence-electron chi connectivity index (χ3n) is 5.29. The lowest BCUT2D eigenvalue weighted by molar-refractivity contribution is 0.128. The first-order valence-electron chi connectivity index (χ1n) is 9.62. The summed E-state index contributed by atoms with van der Waals surface area (Å²) in [6, 6.07) is 0. The Kier molecular flexibility index (Phi) is 6.13. The Morgan fingerprint density at radius 2 is 1.78 bits per heavy atom. The van der Waals surface area contributed by atoms with E-state index in [0.29, 0.717) is 17.7 Å². The van der Waals surface area contributed by atoms with E-state index in [9.17, 15) is 14.7 Å². The van der Waals surface area contributed by atoms with Gasteiger partial charge in [-0.25, -0.2) is 9.78 Å². The van der Waals surface area contributed by atoms with Crippen molar-refractivity contribution in [2.24, 2.45) is 14.1 Å². The summed E-state index contributed by atoms with van der Waals surface area (Å²) in [5.74, 6) is 0. The third-order valence-corrected chi connectivity index (χ3v) is 5.29. The molecule has 0 bridgehead atoms. The van der Waals surface area contributed by atoms with Crippen molar-refractivity contribution >= 4 is 11.2 Å². The molecule has 3 rings (SSSR count). The molecular formula is C18H30N6O3. The minimum Gasteiger partial charge on any atom is -0.392 e. The van der Waals surface area contributed by atoms with E-state index in [1.807, 2.05) is 11.5 Å². The molecule has 1 fully saturated rings. The van der Waals surface area contributed by atoms with Crippen LogP contribution in [0.1, 0.15) is 19.8 Å². The van der Waals surface area contributed by atoms with Gasteiger partial charge in [0.1, 0.15) is 0 Å². The standard InChI is InChI=1S/C18H30N6O3/c1-14(25)12-23-8-4-6-22(10-11-23)7-5-9-24-13-19-16-15(24)17(26)21(3)18(27)20(16)2/h13-14,25H,4-12H2,1-3H3. The number of imidazole rings is 1. The quantitative estimate of drug-likeness (QED) is 0.709. The Morgan fingerprint density at radius 1 is 1.07 bits per heavy atom. The fraction of sp³-hybridized carbons (Fsp3) is 0.722. The van der Waals surface area contributed by atoms with Crippen LogP contribution < -0.4 is 11.2 Å². The van der Waals surface area contributed by atoms with Gasteiger partial charge in [-0.3, -0.25) is 18.8 Å². The molecule has 3 heterocycles. The van der Waals surface area contributed by atoms with Crippen molar-refractivity contribution < 1.29 is 5.11 Å². The summed E-state index contributed by atoms with van der Waals surface area (Å²) in [4.78, 5) is 33.5. The van der Waals surface area contributed by atoms with Gasteiger partial charge < -0.3 is 14.6 Å². The first kappa shape index (κ1) is 19.8. The highest BCUT2D eigenvalue weighted by Gasteiger charge is 2.17. The number of fused-ring (bicyclic) bond motifs is 1. The van der Waals surface area contributed by atoms with Gasteiger partial charge in [0.25, 0.3) is 5.56 Å². The minimum atomic E-state index is -0.357. The number of nitrogens with zero attached hydrogens (tertiary/aromatic N) is 6. The van der Waals surface area contributed by atoms with E-state index in [-0.39, 0.29) is 17.4 Å². The molecule has 2 aromatic rings. The Balaban J connectivity index is 1.61. The van der Waals surface area contributed by atoms with Crippen molar-refractivity contribution in [1.29, 1.82) is 0 Å². The molecule has 0 radical (unpaired) electrons. The van der Waals surface area contributed by atoms with Crippen LogP contribution in [0, 0.1) is 0 Å². The van der Waals surface area contributed by atoms with Gasteiger partial charge in [-0.15, -0.1) is 0 Å². The molecule has 1 unspecified atom stereocenters. The topological polar surface area (TPSA) is 88.5 Å². The van der Waals surface area contributed by atoms with E-state index in [1.54, 1.807) is 13.4 Å². The molecule has 1 N–H and O–H groups in total. The van der Waals surface area contributed by atoms with E-state index in [4.69, 9.17) is 0 Å². The summed E-state index contributed by atoms with van der Waals surface area (Å²) in [6.45, 7) is 8.26. The molecule has 0 amide bonds. The van der Waals surface area contributed by atoms with E-state index < -0.39 is 0 Å². The van der Waals surface area contributed by atoms with Crippen LogP contribution >= 0.6 is 0 Å². The molecule has 0 saturated carbocycles. The number of hydrogen-bond donors (Lipinski definition) is 1. The maximum atomic E-state index is 12.5. The molecule has 150 valence electrons. The third kappa shape index (κ3) is 4.31. The Labute approximate surface area is 158 Å². The molecule has 1 aliphatic heterocycles. The minimum absolute atomic E-state index is 0.287. The zero-order valence-corrected chi connectivity index (χ0v) is 16.5. The first-order chi connectivity index (χ1) is 12.9. The predicted molar refractivity (Wildman–Crippen MR) is 104 cm³/mol. The predicted octanol–water partition coefficient (Wildman–Crippen LogP) is -0.788. The smallest absolute Gasteiger partial charge is 0.332 e. The normalized spacial score (nSPS) is 18.1. The number of aliphatic hydroxyl groups excluding tert-OH is 1. The summed E-state index contributed by atoms with van der Waals surface area (Å²) in [5.41, 5.74) is 0.267. The lowest BCUT2D eigenvalue weighted by Gasteiger charge is -2.22. The van der Waals surface area contributed by atoms with Gasteiger partial charge in [0, 0.05) is 40.3 Å². The van der Waals surface area contributed by atoms with Crippen LogP contribution in [0.15, 0.2) is 15.9 Å². The van der Waals surface area contributed by atoms with Crippen molar-refractivity contribution in [3.63, 3.8) is 0 Å². The second kappa shape index (κ2) is 8.37. The molecule has 0 spiro atoms. The van der Waals surface area contributed by atoms with Crippen LogP contribution in [0.5, 0.6) is 0 Å². The second-order valence-corrected chi connectivity index (χ2v) is 7.51. The summed E-state index contributed by atoms with van der Waals surface area (Å²) in [6.07, 6.45) is 3.37. The van der Waals surface area contributed by atoms with E-state index >= 15 is 0 Å². The molecular weight excluding hydrogens is 348 g/mol. The average Bonchev–Trinajstić information content (AvgIpc) is 2.93. The lowest BCUT2D eigenvalue weighted by atomic mass is 10.3. The molecule has 1 saturated heterocycles. The number of aliphatic hydroxyl groups is 1. The highest BCUT2D eigenvalue weighted by molar-refractivity contribution is 5.69. The van der Waals surface area contributed by atoms with Crippen molar-refractivity contribution in [2.75, 3.05) is 39.3 Å². The largest absolute Gasteiger partial charge is 0.392 e. The van der Waals surface area contributed by atoms with Gasteiger partial charge in [-0.2, -0.15) is 0 Å². The second-order valence-electron chi connectivity index (χ2n) is 7.51. The van der Waals surface area contributed by atoms with Crippen LogP contribution in [0.4, 0.5) is 0 Å². The van der Waals surface area contributed by atoms with Crippen LogP contribution in [0.3, 0.4) is 0 Å². The average molecular weight is 378 g/mol. The highest BCUT2D eigenvalue weighted by Crippen LogP contribution is 2.08. The van der Waals surface area contributed by atoms with Crippen molar-refractivity contribution in [2.45, 2.75) is 32.4 Å². The van der Waals surface area contributed by atoms with Crippen molar-refractivity contribution in [3.8, 4) is 0 Å². The molecule has 0 aliphatic carbocycles. The number of rotatable bonds is 6. The number of β-amino-alcohol motifs (C(OH)–C–C–N with tert-alkyl or cyclic N) is 1. The lowest BCUT2D eigenvalue weighted by Crippen LogP contribution is -2.37. The van der Waals surface area contributed by atoms with Gasteiger partial charge in [-0.05, 0) is 39.4 Å². The van der Waals surface area contributed by atoms with E-state index in [1.165, 1.54) is 11.6 Å². The van der Waals surface area contributed by atoms with E-state index in [2.05, 4.69) is 14.8 Å². The molecule has 2 aromatic heterocycles. The molecule has 27 heavy (non-hydrogen) atoms. The van der Waals surface area contributed by atoms with Gasteiger partial charge in [0.05, 0.1) is 12.4 Å². The Hall–Kier alpha value is -1.97. The fourth-order valence-electron chi connectivity index (χ4n) is 3.84. The Morgan fingerprint density at radius 3 is 2.52 bits per heavy atom. The Bertz CT molecular complexity index is 897. The molecule has 0 aromatic carbocycles. The summed E-state index contributed by atoms with van der Waals surface area (Å²) in [7, 11) is 3.13. The van der Waals surface area contributed by atoms with E-state index in [0.717, 1.165) is 56.7 Å². The van der Waals surface area contributed by atoms with Gasteiger partial charge >= 0.3 is 5.69 Å². The number of aromatic nitrogens is 4. The van der Waals surface area contributed by atoms with Gasteiger partial charge in [0.2, 0.25) is 0 Å². The zero-order chi connectivity index (χ0) is 19.6. The zero-order valence-electron chi connectivity index (χ0n) is 16.5. The summed E-state index contributed by atoms with van der Waals surface area (Å²) < 4.78 is 4.40. The summed E-state index contributed by atoms with van der Waals surface area (Å²) in [5, 5.41) is 9.56. The maximum Gasteiger partial charge on any atom is 0.332 e. The molecule has 9 heteroatoms.